The summed E-state index contributed by atoms with van der Waals surface area (Å²) < 4.78 is 0. The average molecular weight is 318 g/mol. The number of carbonyl (C=O) groups excluding carboxylic acids is 2. The molecule has 5 rings (SSSR count). The molecule has 118 valence electrons. The number of benzene rings is 2. The highest BCUT2D eigenvalue weighted by Crippen LogP contribution is 2.57. The molecule has 0 aromatic heterocycles. The van der Waals surface area contributed by atoms with Gasteiger partial charge < -0.3 is 10.2 Å². The van der Waals surface area contributed by atoms with Crippen LogP contribution in [-0.2, 0) is 0 Å². The largest absolute Gasteiger partial charge is 0.507 e. The number of rotatable bonds is 0. The number of hydrogen-bond acceptors (Lipinski definition) is 4. The maximum Gasteiger partial charge on any atom is 0.168 e. The second-order valence-corrected chi connectivity index (χ2v) is 6.62. The molecule has 4 nitrogen and oxygen atoms in total. The van der Waals surface area contributed by atoms with Gasteiger partial charge in [0.05, 0.1) is 11.1 Å². The zero-order valence-corrected chi connectivity index (χ0v) is 12.8. The van der Waals surface area contributed by atoms with Crippen LogP contribution in [0.25, 0.3) is 11.1 Å². The Balaban J connectivity index is 1.89. The van der Waals surface area contributed by atoms with E-state index in [-0.39, 0.29) is 35.4 Å². The molecule has 0 saturated heterocycles. The molecule has 2 aromatic rings. The van der Waals surface area contributed by atoms with Gasteiger partial charge in [-0.25, -0.2) is 0 Å². The minimum Gasteiger partial charge on any atom is -0.507 e. The predicted molar refractivity (Wildman–Crippen MR) is 88.3 cm³/mol. The second-order valence-electron chi connectivity index (χ2n) is 6.62. The monoisotopic (exact) mass is 318 g/mol. The molecule has 3 aliphatic rings. The van der Waals surface area contributed by atoms with Crippen molar-refractivity contribution < 1.29 is 19.8 Å². The van der Waals surface area contributed by atoms with Crippen LogP contribution in [0, 0.1) is 0 Å². The van der Waals surface area contributed by atoms with Crippen molar-refractivity contribution in [2.24, 2.45) is 0 Å². The van der Waals surface area contributed by atoms with E-state index in [0.29, 0.717) is 24.0 Å². The Morgan fingerprint density at radius 2 is 1.62 bits per heavy atom. The standard InChI is InChI=1S/C20H14O4/c21-13-3-1-2-10-17-11-5-7-15(23)20-14(22)6-4-9(18(11)20)12(17)8-16(24)19(10)13/h1-4,6,12,21-22H,5,7-8H2/t12-/m1/s1. The van der Waals surface area contributed by atoms with E-state index in [1.807, 2.05) is 12.1 Å². The van der Waals surface area contributed by atoms with E-state index in [1.165, 1.54) is 6.07 Å². The molecule has 1 atom stereocenters. The molecule has 0 amide bonds. The number of Topliss-reactive ketones (excluding diaryl/α,β-unsaturated/α-hetero) is 2. The summed E-state index contributed by atoms with van der Waals surface area (Å²) in [5.41, 5.74) is 5.38. The van der Waals surface area contributed by atoms with Crippen molar-refractivity contribution >= 4 is 22.7 Å². The maximum atomic E-state index is 12.6. The number of phenolic OH excluding ortho intramolecular Hbond substituents is 2. The Morgan fingerprint density at radius 1 is 0.833 bits per heavy atom. The number of ketones is 2. The van der Waals surface area contributed by atoms with E-state index in [1.54, 1.807) is 12.1 Å². The fourth-order valence-electron chi connectivity index (χ4n) is 4.54. The molecule has 0 radical (unpaired) electrons. The lowest BCUT2D eigenvalue weighted by Gasteiger charge is -2.25. The normalized spacial score (nSPS) is 20.8. The summed E-state index contributed by atoms with van der Waals surface area (Å²) in [7, 11) is 0. The molecule has 0 bridgehead atoms. The molecule has 0 unspecified atom stereocenters. The highest BCUT2D eigenvalue weighted by Gasteiger charge is 2.43. The lowest BCUT2D eigenvalue weighted by Crippen LogP contribution is -2.16. The molecule has 0 aliphatic heterocycles. The summed E-state index contributed by atoms with van der Waals surface area (Å²) in [5, 5.41) is 20.3. The zero-order valence-electron chi connectivity index (χ0n) is 12.8. The third kappa shape index (κ3) is 1.48. The molecule has 0 heterocycles. The molecule has 4 heteroatoms. The highest BCUT2D eigenvalue weighted by molar-refractivity contribution is 6.18. The van der Waals surface area contributed by atoms with Crippen LogP contribution in [0.5, 0.6) is 11.5 Å². The quantitative estimate of drug-likeness (QED) is 0.777. The van der Waals surface area contributed by atoms with Gasteiger partial charge in [-0.3, -0.25) is 9.59 Å². The summed E-state index contributed by atoms with van der Waals surface area (Å²) in [6.07, 6.45) is 1.25. The van der Waals surface area contributed by atoms with E-state index in [2.05, 4.69) is 0 Å². The number of fused-ring (bicyclic) bond motifs is 4. The fourth-order valence-corrected chi connectivity index (χ4v) is 4.54. The summed E-state index contributed by atoms with van der Waals surface area (Å²) in [6.45, 7) is 0. The van der Waals surface area contributed by atoms with Gasteiger partial charge >= 0.3 is 0 Å². The van der Waals surface area contributed by atoms with Gasteiger partial charge in [-0.2, -0.15) is 0 Å². The Hall–Kier alpha value is -2.88. The molecule has 0 saturated carbocycles. The van der Waals surface area contributed by atoms with Crippen molar-refractivity contribution in [2.45, 2.75) is 25.2 Å². The van der Waals surface area contributed by atoms with E-state index in [0.717, 1.165) is 27.8 Å². The highest BCUT2D eigenvalue weighted by atomic mass is 16.3. The summed E-state index contributed by atoms with van der Waals surface area (Å²) in [4.78, 5) is 24.9. The van der Waals surface area contributed by atoms with Gasteiger partial charge in [0, 0.05) is 18.8 Å². The number of carbonyl (C=O) groups is 2. The van der Waals surface area contributed by atoms with Crippen LogP contribution in [-0.4, -0.2) is 21.8 Å². The molecule has 0 spiro atoms. The number of allylic oxidation sites excluding steroid dienone is 2. The van der Waals surface area contributed by atoms with Crippen LogP contribution in [0.1, 0.15) is 62.6 Å². The third-order valence-electron chi connectivity index (χ3n) is 5.45. The van der Waals surface area contributed by atoms with Gasteiger partial charge in [-0.05, 0) is 46.4 Å². The first-order valence-corrected chi connectivity index (χ1v) is 8.06. The Morgan fingerprint density at radius 3 is 2.46 bits per heavy atom. The van der Waals surface area contributed by atoms with Crippen LogP contribution >= 0.6 is 0 Å². The first-order valence-electron chi connectivity index (χ1n) is 8.06. The fraction of sp³-hybridized carbons (Fsp3) is 0.200. The second kappa shape index (κ2) is 4.35. The van der Waals surface area contributed by atoms with Crippen LogP contribution in [0.4, 0.5) is 0 Å². The molecule has 0 fully saturated rings. The summed E-state index contributed by atoms with van der Waals surface area (Å²) in [5.74, 6) is -0.200. The predicted octanol–water partition coefficient (Wildman–Crippen LogP) is 3.67. The smallest absolute Gasteiger partial charge is 0.168 e. The van der Waals surface area contributed by atoms with Gasteiger partial charge in [-0.1, -0.05) is 18.2 Å². The van der Waals surface area contributed by atoms with Crippen LogP contribution in [0.2, 0.25) is 0 Å². The average Bonchev–Trinajstić information content (AvgIpc) is 2.87. The van der Waals surface area contributed by atoms with Crippen molar-refractivity contribution in [1.29, 1.82) is 0 Å². The lowest BCUT2D eigenvalue weighted by atomic mass is 9.77. The van der Waals surface area contributed by atoms with Crippen molar-refractivity contribution in [3.8, 4) is 11.5 Å². The first-order chi connectivity index (χ1) is 11.6. The van der Waals surface area contributed by atoms with Crippen LogP contribution in [0.3, 0.4) is 0 Å². The van der Waals surface area contributed by atoms with Crippen LogP contribution in [0.15, 0.2) is 30.3 Å². The number of phenols is 2. The van der Waals surface area contributed by atoms with Crippen molar-refractivity contribution in [2.75, 3.05) is 0 Å². The van der Waals surface area contributed by atoms with E-state index < -0.39 is 0 Å². The van der Waals surface area contributed by atoms with Crippen molar-refractivity contribution in [3.63, 3.8) is 0 Å². The third-order valence-corrected chi connectivity index (χ3v) is 5.45. The lowest BCUT2D eigenvalue weighted by molar-refractivity contribution is 0.0967. The van der Waals surface area contributed by atoms with Gasteiger partial charge in [0.2, 0.25) is 0 Å². The summed E-state index contributed by atoms with van der Waals surface area (Å²) in [6, 6.07) is 8.52. The maximum absolute atomic E-state index is 12.6. The van der Waals surface area contributed by atoms with E-state index >= 15 is 0 Å². The summed E-state index contributed by atoms with van der Waals surface area (Å²) >= 11 is 0. The Kier molecular flexibility index (Phi) is 2.46. The van der Waals surface area contributed by atoms with Crippen molar-refractivity contribution in [1.82, 2.24) is 0 Å². The minimum atomic E-state index is -0.0953. The van der Waals surface area contributed by atoms with Crippen LogP contribution < -0.4 is 0 Å². The van der Waals surface area contributed by atoms with Crippen molar-refractivity contribution in [3.05, 3.63) is 58.1 Å². The Bertz CT molecular complexity index is 997. The van der Waals surface area contributed by atoms with E-state index in [9.17, 15) is 19.8 Å². The minimum absolute atomic E-state index is 0.00922. The van der Waals surface area contributed by atoms with Gasteiger partial charge in [-0.15, -0.1) is 0 Å². The number of hydrogen-bond donors (Lipinski definition) is 2. The van der Waals surface area contributed by atoms with Gasteiger partial charge in [0.15, 0.2) is 11.6 Å². The topological polar surface area (TPSA) is 74.6 Å². The Labute approximate surface area is 138 Å². The molecule has 2 aromatic carbocycles. The first kappa shape index (κ1) is 13.5. The zero-order chi connectivity index (χ0) is 16.6. The van der Waals surface area contributed by atoms with Gasteiger partial charge in [0.1, 0.15) is 11.5 Å². The number of aromatic hydroxyl groups is 2. The molecular weight excluding hydrogens is 304 g/mol. The van der Waals surface area contributed by atoms with E-state index in [4.69, 9.17) is 0 Å². The van der Waals surface area contributed by atoms with Gasteiger partial charge in [0.25, 0.3) is 0 Å². The molecular formula is C20H14O4. The SMILES string of the molecule is O=C1C[C@H]2C(=C3CCC(=O)c4c(O)ccc2c43)c2cccc(O)c21. The molecule has 24 heavy (non-hydrogen) atoms. The molecule has 2 N–H and O–H groups in total. The molecule has 3 aliphatic carbocycles.